The van der Waals surface area contributed by atoms with Crippen molar-refractivity contribution in [2.75, 3.05) is 39.5 Å². The van der Waals surface area contributed by atoms with Crippen molar-refractivity contribution in [3.05, 3.63) is 48.0 Å². The number of carbonyl (C=O) groups excluding carboxylic acids is 5. The van der Waals surface area contributed by atoms with Gasteiger partial charge in [0, 0.05) is 26.8 Å². The van der Waals surface area contributed by atoms with Gasteiger partial charge in [-0.3, -0.25) is 9.59 Å². The number of rotatable bonds is 15. The van der Waals surface area contributed by atoms with Gasteiger partial charge in [-0.2, -0.15) is 0 Å². The minimum Gasteiger partial charge on any atom is -0.462 e. The number of urea groups is 1. The van der Waals surface area contributed by atoms with Crippen LogP contribution in [0.2, 0.25) is 0 Å². The van der Waals surface area contributed by atoms with Gasteiger partial charge in [0.15, 0.2) is 6.04 Å². The second-order valence-corrected chi connectivity index (χ2v) is 9.89. The third-order valence-corrected chi connectivity index (χ3v) is 5.97. The molecule has 0 saturated heterocycles. The molecular weight excluding hydrogens is 532 g/mol. The number of benzene rings is 2. The normalized spacial score (nSPS) is 12.2. The molecule has 0 saturated carbocycles. The van der Waals surface area contributed by atoms with Gasteiger partial charge in [-0.15, -0.1) is 0 Å². The summed E-state index contributed by atoms with van der Waals surface area (Å²) in [7, 11) is 0. The van der Waals surface area contributed by atoms with Gasteiger partial charge >= 0.3 is 18.0 Å². The van der Waals surface area contributed by atoms with E-state index < -0.39 is 36.7 Å². The minimum atomic E-state index is -1.34. The van der Waals surface area contributed by atoms with Crippen LogP contribution in [0, 0.1) is 5.92 Å². The number of amides is 4. The second kappa shape index (κ2) is 16.8. The van der Waals surface area contributed by atoms with Crippen molar-refractivity contribution in [1.29, 1.82) is 0 Å². The van der Waals surface area contributed by atoms with Crippen molar-refractivity contribution in [2.24, 2.45) is 5.92 Å². The highest BCUT2D eigenvalue weighted by Crippen LogP contribution is 2.20. The van der Waals surface area contributed by atoms with Crippen molar-refractivity contribution in [3.8, 4) is 0 Å². The summed E-state index contributed by atoms with van der Waals surface area (Å²) in [5.74, 6) is -2.23. The number of hydrogen-bond donors (Lipinski definition) is 4. The van der Waals surface area contributed by atoms with Crippen LogP contribution in [0.4, 0.5) is 4.79 Å². The molecule has 224 valence electrons. The van der Waals surface area contributed by atoms with Crippen LogP contribution in [0.5, 0.6) is 0 Å². The number of aliphatic hydroxyl groups excluding tert-OH is 1. The Balaban J connectivity index is 2.28. The summed E-state index contributed by atoms with van der Waals surface area (Å²) in [6, 6.07) is 10.0. The third-order valence-electron chi connectivity index (χ3n) is 5.97. The number of hydrogen-bond acceptors (Lipinski definition) is 8. The molecule has 2 atom stereocenters. The molecule has 4 N–H and O–H groups in total. The zero-order chi connectivity index (χ0) is 30.4. The lowest BCUT2D eigenvalue weighted by Crippen LogP contribution is -2.56. The number of ether oxygens (including phenoxy) is 2. The van der Waals surface area contributed by atoms with Gasteiger partial charge in [0.2, 0.25) is 11.8 Å². The monoisotopic (exact) mass is 572 g/mol. The van der Waals surface area contributed by atoms with Gasteiger partial charge in [-0.05, 0) is 22.3 Å². The topological polar surface area (TPSA) is 163 Å². The lowest BCUT2D eigenvalue weighted by molar-refractivity contribution is -0.150. The third kappa shape index (κ3) is 11.1. The molecular formula is C29H40N4O8. The predicted molar refractivity (Wildman–Crippen MR) is 152 cm³/mol. The van der Waals surface area contributed by atoms with E-state index in [0.717, 1.165) is 21.2 Å². The molecule has 4 amide bonds. The maximum Gasteiger partial charge on any atom is 0.331 e. The maximum atomic E-state index is 13.6. The van der Waals surface area contributed by atoms with E-state index in [1.165, 1.54) is 13.8 Å². The second-order valence-electron chi connectivity index (χ2n) is 9.89. The number of nitrogens with zero attached hydrogens (tertiary/aromatic N) is 1. The quantitative estimate of drug-likeness (QED) is 0.182. The molecule has 41 heavy (non-hydrogen) atoms. The van der Waals surface area contributed by atoms with Crippen LogP contribution < -0.4 is 16.0 Å². The van der Waals surface area contributed by atoms with Gasteiger partial charge in [-0.1, -0.05) is 56.3 Å². The molecule has 2 aromatic carbocycles. The first-order valence-corrected chi connectivity index (χ1v) is 13.5. The van der Waals surface area contributed by atoms with Gasteiger partial charge in [-0.25, -0.2) is 14.4 Å². The Morgan fingerprint density at radius 1 is 0.854 bits per heavy atom. The Hall–Kier alpha value is -4.19. The zero-order valence-electron chi connectivity index (χ0n) is 24.0. The summed E-state index contributed by atoms with van der Waals surface area (Å²) in [6.07, 6.45) is 0.0898. The predicted octanol–water partition coefficient (Wildman–Crippen LogP) is 1.14. The van der Waals surface area contributed by atoms with Crippen molar-refractivity contribution in [3.63, 3.8) is 0 Å². The summed E-state index contributed by atoms with van der Waals surface area (Å²) in [5.41, 5.74) is 0.790. The zero-order valence-corrected chi connectivity index (χ0v) is 24.0. The van der Waals surface area contributed by atoms with E-state index in [1.54, 1.807) is 0 Å². The van der Waals surface area contributed by atoms with Gasteiger partial charge in [0.1, 0.15) is 19.3 Å². The molecule has 0 aliphatic heterocycles. The molecule has 0 heterocycles. The Morgan fingerprint density at radius 2 is 1.44 bits per heavy atom. The fourth-order valence-electron chi connectivity index (χ4n) is 4.12. The molecule has 0 aromatic heterocycles. The average Bonchev–Trinajstić information content (AvgIpc) is 2.92. The highest BCUT2D eigenvalue weighted by molar-refractivity contribution is 5.89. The van der Waals surface area contributed by atoms with Gasteiger partial charge in [0.05, 0.1) is 19.7 Å². The fraction of sp³-hybridized carbons (Fsp3) is 0.483. The van der Waals surface area contributed by atoms with Crippen LogP contribution in [0.3, 0.4) is 0 Å². The minimum absolute atomic E-state index is 0.0764. The van der Waals surface area contributed by atoms with E-state index in [2.05, 4.69) is 16.0 Å². The number of nitrogens with one attached hydrogen (secondary N) is 3. The largest absolute Gasteiger partial charge is 0.462 e. The molecule has 0 aliphatic carbocycles. The molecule has 12 heteroatoms. The highest BCUT2D eigenvalue weighted by Gasteiger charge is 2.34. The van der Waals surface area contributed by atoms with Crippen LogP contribution in [0.25, 0.3) is 10.8 Å². The van der Waals surface area contributed by atoms with Crippen LogP contribution in [0.1, 0.15) is 33.3 Å². The molecule has 0 aliphatic rings. The SMILES string of the molecule is CC(=O)NCCOC(=O)[C@H](Cc1cccc2ccccc12)NC(=O)N(CC(C)C)[C@@H](CO)C(=O)OCCNC(C)=O. The van der Waals surface area contributed by atoms with E-state index >= 15 is 0 Å². The van der Waals surface area contributed by atoms with Crippen LogP contribution in [0.15, 0.2) is 42.5 Å². The molecule has 2 rings (SSSR count). The van der Waals surface area contributed by atoms with Gasteiger partial charge < -0.3 is 35.4 Å². The molecule has 0 spiro atoms. The van der Waals surface area contributed by atoms with E-state index in [-0.39, 0.29) is 57.0 Å². The van der Waals surface area contributed by atoms with Crippen LogP contribution in [-0.4, -0.2) is 91.3 Å². The summed E-state index contributed by atoms with van der Waals surface area (Å²) < 4.78 is 10.5. The molecule has 0 radical (unpaired) electrons. The Labute approximate surface area is 239 Å². The Kier molecular flexibility index (Phi) is 13.5. The molecule has 12 nitrogen and oxygen atoms in total. The number of carbonyl (C=O) groups is 5. The van der Waals surface area contributed by atoms with E-state index in [1.807, 2.05) is 56.3 Å². The van der Waals surface area contributed by atoms with Gasteiger partial charge in [0.25, 0.3) is 0 Å². The highest BCUT2D eigenvalue weighted by atomic mass is 16.5. The fourth-order valence-corrected chi connectivity index (χ4v) is 4.12. The summed E-state index contributed by atoms with van der Waals surface area (Å²) in [6.45, 7) is 5.64. The lowest BCUT2D eigenvalue weighted by Gasteiger charge is -2.32. The molecule has 2 aromatic rings. The van der Waals surface area contributed by atoms with Crippen molar-refractivity contribution < 1.29 is 38.6 Å². The number of esters is 2. The first-order chi connectivity index (χ1) is 19.5. The van der Waals surface area contributed by atoms with E-state index in [9.17, 15) is 29.1 Å². The Bertz CT molecular complexity index is 1200. The first-order valence-electron chi connectivity index (χ1n) is 13.5. The molecule has 0 fully saturated rings. The first kappa shape index (κ1) is 33.0. The van der Waals surface area contributed by atoms with Crippen molar-refractivity contribution in [1.82, 2.24) is 20.9 Å². The number of fused-ring (bicyclic) bond motifs is 1. The summed E-state index contributed by atoms with van der Waals surface area (Å²) in [5, 5.41) is 19.6. The van der Waals surface area contributed by atoms with Crippen LogP contribution >= 0.6 is 0 Å². The van der Waals surface area contributed by atoms with E-state index in [4.69, 9.17) is 9.47 Å². The lowest BCUT2D eigenvalue weighted by atomic mass is 9.99. The molecule has 0 bridgehead atoms. The van der Waals surface area contributed by atoms with Crippen molar-refractivity contribution in [2.45, 2.75) is 46.2 Å². The van der Waals surface area contributed by atoms with E-state index in [0.29, 0.717) is 0 Å². The van der Waals surface area contributed by atoms with Crippen molar-refractivity contribution >= 4 is 40.6 Å². The standard InChI is InChI=1S/C29H40N4O8/c1-19(2)17-33(26(18-34)28(38)41-15-13-31-21(4)36)29(39)32-25(27(37)40-14-12-30-20(3)35)16-23-10-7-9-22-8-5-6-11-24(22)23/h5-11,19,25-26,34H,12-18H2,1-4H3,(H,30,35)(H,31,36)(H,32,39)/t25-,26-/m0/s1. The summed E-state index contributed by atoms with van der Waals surface area (Å²) >= 11 is 0. The molecule has 0 unspecified atom stereocenters. The number of aliphatic hydroxyl groups is 1. The summed E-state index contributed by atoms with van der Waals surface area (Å²) in [4.78, 5) is 62.9. The smallest absolute Gasteiger partial charge is 0.331 e. The maximum absolute atomic E-state index is 13.6. The average molecular weight is 573 g/mol. The van der Waals surface area contributed by atoms with Crippen LogP contribution in [-0.2, 0) is 35.1 Å². The Morgan fingerprint density at radius 3 is 2.02 bits per heavy atom.